The molecule has 0 radical (unpaired) electrons. The lowest BCUT2D eigenvalue weighted by Gasteiger charge is -2.23. The van der Waals surface area contributed by atoms with Gasteiger partial charge in [0, 0.05) is 24.4 Å². The van der Waals surface area contributed by atoms with Gasteiger partial charge in [-0.3, -0.25) is 19.4 Å². The Balaban J connectivity index is 1.69. The molecular formula is C25H27BN4O5. The van der Waals surface area contributed by atoms with Crippen molar-refractivity contribution < 1.29 is 24.4 Å². The zero-order valence-electron chi connectivity index (χ0n) is 19.1. The van der Waals surface area contributed by atoms with E-state index in [4.69, 9.17) is 0 Å². The molecule has 0 saturated heterocycles. The summed E-state index contributed by atoms with van der Waals surface area (Å²) in [4.78, 5) is 46.2. The number of hydrogen-bond acceptors (Lipinski definition) is 7. The van der Waals surface area contributed by atoms with Gasteiger partial charge >= 0.3 is 7.12 Å². The van der Waals surface area contributed by atoms with E-state index in [1.54, 1.807) is 30.3 Å². The second-order valence-corrected chi connectivity index (χ2v) is 8.02. The first-order valence-corrected chi connectivity index (χ1v) is 11.3. The minimum atomic E-state index is -1.81. The maximum atomic E-state index is 13.1. The van der Waals surface area contributed by atoms with Gasteiger partial charge in [-0.25, -0.2) is 4.98 Å². The Morgan fingerprint density at radius 1 is 0.914 bits per heavy atom. The zero-order valence-corrected chi connectivity index (χ0v) is 19.1. The topological polar surface area (TPSA) is 142 Å². The molecule has 2 unspecified atom stereocenters. The Morgan fingerprint density at radius 2 is 1.60 bits per heavy atom. The van der Waals surface area contributed by atoms with Crippen molar-refractivity contribution in [2.75, 3.05) is 0 Å². The van der Waals surface area contributed by atoms with Crippen molar-refractivity contribution in [2.24, 2.45) is 0 Å². The minimum Gasteiger partial charge on any atom is -0.426 e. The summed E-state index contributed by atoms with van der Waals surface area (Å²) in [6, 6.07) is 16.8. The highest BCUT2D eigenvalue weighted by atomic mass is 16.4. The lowest BCUT2D eigenvalue weighted by molar-refractivity contribution is -0.123. The van der Waals surface area contributed by atoms with Crippen molar-refractivity contribution in [3.05, 3.63) is 96.1 Å². The summed E-state index contributed by atoms with van der Waals surface area (Å²) >= 11 is 0. The third-order valence-electron chi connectivity index (χ3n) is 5.41. The standard InChI is InChI=1S/C25H27BN4O5/c31-22(19-11-5-2-6-12-19)16-20(29-25(33)21-17-27-14-15-28-21)24(32)30-23(26(34)35)13-7-10-18-8-3-1-4-9-18/h1-6,8-9,11-12,14-15,17,20,23,34-35H,7,10,13,16H2,(H,29,33)(H,30,32). The van der Waals surface area contributed by atoms with E-state index in [-0.39, 0.29) is 24.3 Å². The number of Topliss-reactive ketones (excluding diaryl/α,β-unsaturated/α-hetero) is 1. The van der Waals surface area contributed by atoms with Crippen LogP contribution in [-0.2, 0) is 11.2 Å². The van der Waals surface area contributed by atoms with Crippen LogP contribution in [-0.4, -0.2) is 56.7 Å². The molecule has 0 bridgehead atoms. The molecular weight excluding hydrogens is 447 g/mol. The first-order valence-electron chi connectivity index (χ1n) is 11.3. The van der Waals surface area contributed by atoms with Gasteiger partial charge in [0.25, 0.3) is 5.91 Å². The first-order chi connectivity index (χ1) is 16.9. The lowest BCUT2D eigenvalue weighted by atomic mass is 9.76. The molecule has 10 heteroatoms. The van der Waals surface area contributed by atoms with E-state index >= 15 is 0 Å². The molecule has 0 aliphatic rings. The molecule has 2 atom stereocenters. The van der Waals surface area contributed by atoms with Gasteiger partial charge in [-0.2, -0.15) is 0 Å². The van der Waals surface area contributed by atoms with Crippen molar-refractivity contribution in [2.45, 2.75) is 37.7 Å². The summed E-state index contributed by atoms with van der Waals surface area (Å²) in [5.41, 5.74) is 1.47. The molecule has 2 amide bonds. The van der Waals surface area contributed by atoms with E-state index in [1.165, 1.54) is 18.6 Å². The summed E-state index contributed by atoms with van der Waals surface area (Å²) in [5.74, 6) is -2.71. The van der Waals surface area contributed by atoms with Gasteiger partial charge in [0.15, 0.2) is 5.78 Å². The van der Waals surface area contributed by atoms with Crippen LogP contribution in [0.15, 0.2) is 79.3 Å². The number of benzene rings is 2. The monoisotopic (exact) mass is 474 g/mol. The van der Waals surface area contributed by atoms with E-state index in [1.807, 2.05) is 30.3 Å². The number of aromatic nitrogens is 2. The highest BCUT2D eigenvalue weighted by molar-refractivity contribution is 6.43. The maximum Gasteiger partial charge on any atom is 0.475 e. The average molecular weight is 474 g/mol. The van der Waals surface area contributed by atoms with E-state index in [9.17, 15) is 24.4 Å². The Bertz CT molecular complexity index is 1050. The predicted molar refractivity (Wildman–Crippen MR) is 130 cm³/mol. The number of rotatable bonds is 12. The van der Waals surface area contributed by atoms with Gasteiger partial charge in [-0.05, 0) is 24.8 Å². The van der Waals surface area contributed by atoms with Crippen molar-refractivity contribution in [3.8, 4) is 0 Å². The molecule has 3 aromatic rings. The Hall–Kier alpha value is -3.89. The van der Waals surface area contributed by atoms with Crippen molar-refractivity contribution in [1.82, 2.24) is 20.6 Å². The maximum absolute atomic E-state index is 13.1. The Morgan fingerprint density at radius 3 is 2.23 bits per heavy atom. The number of carbonyl (C=O) groups is 3. The summed E-state index contributed by atoms with van der Waals surface area (Å²) in [7, 11) is -1.81. The third-order valence-corrected chi connectivity index (χ3v) is 5.41. The van der Waals surface area contributed by atoms with Gasteiger partial charge in [0.05, 0.1) is 12.1 Å². The molecule has 0 aliphatic carbocycles. The minimum absolute atomic E-state index is 0.0148. The van der Waals surface area contributed by atoms with Crippen molar-refractivity contribution in [3.63, 3.8) is 0 Å². The molecule has 3 rings (SSSR count). The number of carbonyl (C=O) groups excluding carboxylic acids is 3. The van der Waals surface area contributed by atoms with E-state index in [2.05, 4.69) is 20.6 Å². The second-order valence-electron chi connectivity index (χ2n) is 8.02. The van der Waals surface area contributed by atoms with Crippen LogP contribution in [0.5, 0.6) is 0 Å². The summed E-state index contributed by atoms with van der Waals surface area (Å²) in [5, 5.41) is 24.8. The third kappa shape index (κ3) is 8.13. The summed E-state index contributed by atoms with van der Waals surface area (Å²) in [6.45, 7) is 0. The van der Waals surface area contributed by atoms with Crippen LogP contribution < -0.4 is 10.6 Å². The number of hydrogen-bond donors (Lipinski definition) is 4. The van der Waals surface area contributed by atoms with Gasteiger partial charge in [-0.1, -0.05) is 60.7 Å². The average Bonchev–Trinajstić information content (AvgIpc) is 2.89. The van der Waals surface area contributed by atoms with Crippen molar-refractivity contribution >= 4 is 24.7 Å². The molecule has 4 N–H and O–H groups in total. The fourth-order valence-corrected chi connectivity index (χ4v) is 3.53. The van der Waals surface area contributed by atoms with Gasteiger partial charge in [-0.15, -0.1) is 0 Å². The van der Waals surface area contributed by atoms with Gasteiger partial charge in [0.2, 0.25) is 5.91 Å². The fraction of sp³-hybridized carbons (Fsp3) is 0.240. The van der Waals surface area contributed by atoms with Crippen LogP contribution in [0.1, 0.15) is 45.7 Å². The zero-order chi connectivity index (χ0) is 25.0. The molecule has 1 aromatic heterocycles. The van der Waals surface area contributed by atoms with Crippen LogP contribution in [0.4, 0.5) is 0 Å². The lowest BCUT2D eigenvalue weighted by Crippen LogP contribution is -2.54. The number of nitrogens with zero attached hydrogens (tertiary/aromatic N) is 2. The number of amides is 2. The van der Waals surface area contributed by atoms with Crippen LogP contribution in [0.2, 0.25) is 0 Å². The molecule has 0 aliphatic heterocycles. The van der Waals surface area contributed by atoms with Crippen LogP contribution in [0, 0.1) is 0 Å². The van der Waals surface area contributed by atoms with Crippen LogP contribution in [0.25, 0.3) is 0 Å². The summed E-state index contributed by atoms with van der Waals surface area (Å²) in [6.07, 6.45) is 5.24. The molecule has 1 heterocycles. The summed E-state index contributed by atoms with van der Waals surface area (Å²) < 4.78 is 0. The fourth-order valence-electron chi connectivity index (χ4n) is 3.53. The number of nitrogens with one attached hydrogen (secondary N) is 2. The van der Waals surface area contributed by atoms with Gasteiger partial charge < -0.3 is 20.7 Å². The highest BCUT2D eigenvalue weighted by Crippen LogP contribution is 2.10. The quantitative estimate of drug-likeness (QED) is 0.230. The molecule has 180 valence electrons. The highest BCUT2D eigenvalue weighted by Gasteiger charge is 2.31. The smallest absolute Gasteiger partial charge is 0.426 e. The Kier molecular flexibility index (Phi) is 9.64. The van der Waals surface area contributed by atoms with E-state index in [0.717, 1.165) is 5.56 Å². The SMILES string of the molecule is O=C(CC(NC(=O)c1cnccn1)C(=O)NC(CCCc1ccccc1)B(O)O)c1ccccc1. The molecule has 0 spiro atoms. The molecule has 2 aromatic carbocycles. The molecule has 35 heavy (non-hydrogen) atoms. The van der Waals surface area contributed by atoms with Crippen LogP contribution in [0.3, 0.4) is 0 Å². The predicted octanol–water partition coefficient (Wildman–Crippen LogP) is 1.37. The largest absolute Gasteiger partial charge is 0.475 e. The molecule has 0 saturated carbocycles. The number of ketones is 1. The van der Waals surface area contributed by atoms with Crippen LogP contribution >= 0.6 is 0 Å². The Labute approximate surface area is 203 Å². The van der Waals surface area contributed by atoms with Gasteiger partial charge in [0.1, 0.15) is 11.7 Å². The van der Waals surface area contributed by atoms with E-state index in [0.29, 0.717) is 18.4 Å². The second kappa shape index (κ2) is 13.1. The van der Waals surface area contributed by atoms with Crippen molar-refractivity contribution in [1.29, 1.82) is 0 Å². The normalized spacial score (nSPS) is 12.3. The molecule has 9 nitrogen and oxygen atoms in total. The van der Waals surface area contributed by atoms with E-state index < -0.39 is 30.9 Å². The molecule has 0 fully saturated rings. The number of aryl methyl sites for hydroxylation is 1. The first kappa shape index (κ1) is 25.7.